The van der Waals surface area contributed by atoms with Crippen LogP contribution in [0.25, 0.3) is 5.70 Å². The van der Waals surface area contributed by atoms with Gasteiger partial charge in [0.2, 0.25) is 0 Å². The van der Waals surface area contributed by atoms with E-state index >= 15 is 0 Å². The normalized spacial score (nSPS) is 16.7. The fourth-order valence-corrected chi connectivity index (χ4v) is 3.35. The van der Waals surface area contributed by atoms with Crippen LogP contribution in [-0.4, -0.2) is 19.6 Å². The second-order valence-corrected chi connectivity index (χ2v) is 7.43. The number of benzene rings is 1. The van der Waals surface area contributed by atoms with Crippen molar-refractivity contribution in [3.8, 4) is 6.07 Å². The van der Waals surface area contributed by atoms with Gasteiger partial charge in [0, 0.05) is 31.0 Å². The zero-order chi connectivity index (χ0) is 21.8. The van der Waals surface area contributed by atoms with Crippen LogP contribution < -0.4 is 16.4 Å². The molecular formula is C25H36N4. The van der Waals surface area contributed by atoms with Crippen molar-refractivity contribution in [1.29, 1.82) is 5.26 Å². The average molecular weight is 393 g/mol. The molecule has 0 fully saturated rings. The van der Waals surface area contributed by atoms with Crippen LogP contribution in [0, 0.1) is 11.3 Å². The topological polar surface area (TPSA) is 73.9 Å². The molecule has 0 bridgehead atoms. The van der Waals surface area contributed by atoms with Gasteiger partial charge in [-0.15, -0.1) is 6.58 Å². The Morgan fingerprint density at radius 1 is 1.38 bits per heavy atom. The fourth-order valence-electron chi connectivity index (χ4n) is 3.35. The lowest BCUT2D eigenvalue weighted by molar-refractivity contribution is 0.541. The van der Waals surface area contributed by atoms with E-state index in [2.05, 4.69) is 50.6 Å². The lowest BCUT2D eigenvalue weighted by Gasteiger charge is -2.25. The van der Waals surface area contributed by atoms with Crippen molar-refractivity contribution in [2.75, 3.05) is 13.6 Å². The quantitative estimate of drug-likeness (QED) is 0.459. The Morgan fingerprint density at radius 3 is 2.48 bits per heavy atom. The van der Waals surface area contributed by atoms with Gasteiger partial charge in [-0.05, 0) is 49.8 Å². The van der Waals surface area contributed by atoms with Crippen LogP contribution >= 0.6 is 0 Å². The maximum Gasteiger partial charge on any atom is 0.101 e. The molecule has 0 saturated heterocycles. The zero-order valence-corrected chi connectivity index (χ0v) is 18.4. The van der Waals surface area contributed by atoms with E-state index in [0.717, 1.165) is 49.1 Å². The van der Waals surface area contributed by atoms with E-state index in [4.69, 9.17) is 5.73 Å². The van der Waals surface area contributed by atoms with Crippen molar-refractivity contribution in [3.63, 3.8) is 0 Å². The Kier molecular flexibility index (Phi) is 10.6. The molecule has 0 aromatic heterocycles. The highest BCUT2D eigenvalue weighted by molar-refractivity contribution is 5.60. The number of nitrogens with two attached hydrogens (primary N) is 1. The molecule has 1 aliphatic rings. The maximum absolute atomic E-state index is 9.38. The first-order chi connectivity index (χ1) is 13.9. The van der Waals surface area contributed by atoms with Crippen LogP contribution in [-0.2, 0) is 6.42 Å². The Labute approximate surface area is 176 Å². The van der Waals surface area contributed by atoms with Gasteiger partial charge in [0.1, 0.15) is 6.07 Å². The standard InChI is InChI=1S/C14H23N3.C11H13N/c1-5-6-14(16-4)12(8-15)13-9-17-11(3)7-10(13)2;1-3-4-10-5-7-11(8-6-10)9(2)12/h11,16-17H,5-7,9H2,1-4H3;3,5-8H,1-2,4,12H2/b14-12+;. The molecule has 4 heteroatoms. The van der Waals surface area contributed by atoms with Crippen LogP contribution in [0.3, 0.4) is 0 Å². The fraction of sp³-hybridized carbons (Fsp3) is 0.400. The first-order valence-electron chi connectivity index (χ1n) is 10.3. The van der Waals surface area contributed by atoms with Crippen molar-refractivity contribution < 1.29 is 0 Å². The number of rotatable bonds is 7. The molecule has 29 heavy (non-hydrogen) atoms. The summed E-state index contributed by atoms with van der Waals surface area (Å²) in [7, 11) is 1.90. The van der Waals surface area contributed by atoms with E-state index in [1.54, 1.807) is 0 Å². The van der Waals surface area contributed by atoms with E-state index < -0.39 is 0 Å². The highest BCUT2D eigenvalue weighted by Gasteiger charge is 2.19. The van der Waals surface area contributed by atoms with Gasteiger partial charge in [0.15, 0.2) is 0 Å². The summed E-state index contributed by atoms with van der Waals surface area (Å²) in [5.74, 6) is 0. The molecule has 1 heterocycles. The third-order valence-electron chi connectivity index (χ3n) is 4.98. The summed E-state index contributed by atoms with van der Waals surface area (Å²) >= 11 is 0. The summed E-state index contributed by atoms with van der Waals surface area (Å²) in [5, 5.41) is 16.0. The number of nitrogens with one attached hydrogen (secondary N) is 2. The minimum Gasteiger partial charge on any atom is -0.399 e. The maximum atomic E-state index is 9.38. The van der Waals surface area contributed by atoms with Gasteiger partial charge < -0.3 is 16.4 Å². The second kappa shape index (κ2) is 12.6. The molecular weight excluding hydrogens is 356 g/mol. The number of nitrogens with zero attached hydrogens (tertiary/aromatic N) is 1. The summed E-state index contributed by atoms with van der Waals surface area (Å²) in [6, 6.07) is 10.9. The van der Waals surface area contributed by atoms with Gasteiger partial charge in [-0.1, -0.05) is 55.8 Å². The second-order valence-electron chi connectivity index (χ2n) is 7.43. The van der Waals surface area contributed by atoms with Crippen molar-refractivity contribution in [3.05, 3.63) is 77.0 Å². The van der Waals surface area contributed by atoms with E-state index in [-0.39, 0.29) is 0 Å². The molecule has 2 rings (SSSR count). The van der Waals surface area contributed by atoms with Crippen molar-refractivity contribution >= 4 is 5.70 Å². The van der Waals surface area contributed by atoms with Gasteiger partial charge in [-0.3, -0.25) is 0 Å². The highest BCUT2D eigenvalue weighted by Crippen LogP contribution is 2.24. The van der Waals surface area contributed by atoms with Crippen LogP contribution in [0.5, 0.6) is 0 Å². The predicted octanol–water partition coefficient (Wildman–Crippen LogP) is 4.83. The number of hydrogen-bond acceptors (Lipinski definition) is 4. The lowest BCUT2D eigenvalue weighted by Crippen LogP contribution is -2.33. The van der Waals surface area contributed by atoms with Crippen LogP contribution in [0.2, 0.25) is 0 Å². The zero-order valence-electron chi connectivity index (χ0n) is 18.4. The molecule has 0 aliphatic carbocycles. The molecule has 1 aromatic rings. The minimum absolute atomic E-state index is 0.517. The lowest BCUT2D eigenvalue weighted by atomic mass is 9.91. The third kappa shape index (κ3) is 7.63. The molecule has 0 radical (unpaired) electrons. The Bertz CT molecular complexity index is 791. The number of nitriles is 1. The Balaban J connectivity index is 0.000000308. The average Bonchev–Trinajstić information content (AvgIpc) is 2.70. The van der Waals surface area contributed by atoms with Crippen LogP contribution in [0.4, 0.5) is 0 Å². The van der Waals surface area contributed by atoms with E-state index in [0.29, 0.717) is 11.7 Å². The van der Waals surface area contributed by atoms with Crippen molar-refractivity contribution in [2.24, 2.45) is 5.73 Å². The summed E-state index contributed by atoms with van der Waals surface area (Å²) in [6.45, 7) is 14.6. The highest BCUT2D eigenvalue weighted by atomic mass is 14.9. The Hall–Kier alpha value is -2.77. The molecule has 0 amide bonds. The van der Waals surface area contributed by atoms with Gasteiger partial charge in [-0.25, -0.2) is 0 Å². The molecule has 1 aromatic carbocycles. The van der Waals surface area contributed by atoms with Crippen LogP contribution in [0.15, 0.2) is 65.9 Å². The van der Waals surface area contributed by atoms with Crippen LogP contribution in [0.1, 0.15) is 51.2 Å². The molecule has 1 atom stereocenters. The van der Waals surface area contributed by atoms with Gasteiger partial charge in [-0.2, -0.15) is 5.26 Å². The van der Waals surface area contributed by atoms with E-state index in [1.165, 1.54) is 16.7 Å². The Morgan fingerprint density at radius 2 is 2.03 bits per heavy atom. The molecule has 156 valence electrons. The molecule has 4 N–H and O–H groups in total. The summed E-state index contributed by atoms with van der Waals surface area (Å²) in [6.07, 6.45) is 5.80. The number of hydrogen-bond donors (Lipinski definition) is 3. The largest absolute Gasteiger partial charge is 0.399 e. The molecule has 0 saturated carbocycles. The van der Waals surface area contributed by atoms with Gasteiger partial charge in [0.25, 0.3) is 0 Å². The predicted molar refractivity (Wildman–Crippen MR) is 125 cm³/mol. The minimum atomic E-state index is 0.517. The van der Waals surface area contributed by atoms with Crippen molar-refractivity contribution in [2.45, 2.75) is 52.5 Å². The smallest absolute Gasteiger partial charge is 0.101 e. The molecule has 4 nitrogen and oxygen atoms in total. The first kappa shape index (κ1) is 24.3. The summed E-state index contributed by atoms with van der Waals surface area (Å²) in [5.41, 5.74) is 12.8. The molecule has 0 spiro atoms. The summed E-state index contributed by atoms with van der Waals surface area (Å²) in [4.78, 5) is 0. The molecule has 1 unspecified atom stereocenters. The number of allylic oxidation sites excluding steroid dienone is 2. The van der Waals surface area contributed by atoms with Crippen molar-refractivity contribution in [1.82, 2.24) is 10.6 Å². The summed E-state index contributed by atoms with van der Waals surface area (Å²) < 4.78 is 0. The van der Waals surface area contributed by atoms with Gasteiger partial charge >= 0.3 is 0 Å². The van der Waals surface area contributed by atoms with Gasteiger partial charge in [0.05, 0.1) is 5.57 Å². The van der Waals surface area contributed by atoms with E-state index in [9.17, 15) is 5.26 Å². The van der Waals surface area contributed by atoms with E-state index in [1.807, 2.05) is 37.4 Å². The SMILES string of the molecule is C=CCc1ccc(C(=C)N)cc1.CCC/C(NC)=C(/C#N)C1=C(C)CC(C)NC1. The molecule has 1 aliphatic heterocycles. The third-order valence-corrected chi connectivity index (χ3v) is 4.98. The first-order valence-corrected chi connectivity index (χ1v) is 10.3. The monoisotopic (exact) mass is 392 g/mol.